The number of carbonyl (C=O) groups is 2. The van der Waals surface area contributed by atoms with E-state index >= 15 is 0 Å². The van der Waals surface area contributed by atoms with Crippen LogP contribution < -0.4 is 14.8 Å². The third kappa shape index (κ3) is 3.58. The second-order valence-electron chi connectivity index (χ2n) is 4.42. The highest BCUT2D eigenvalue weighted by Gasteiger charge is 2.22. The zero-order valence-corrected chi connectivity index (χ0v) is 12.5. The molecular formula is C14H16ClNO5. The zero-order chi connectivity index (χ0) is 15.4. The van der Waals surface area contributed by atoms with Crippen molar-refractivity contribution in [3.63, 3.8) is 0 Å². The van der Waals surface area contributed by atoms with Crippen molar-refractivity contribution in [2.75, 3.05) is 19.8 Å². The highest BCUT2D eigenvalue weighted by Crippen LogP contribution is 2.38. The molecule has 0 bridgehead atoms. The SMILES string of the molecule is CCNC(=O)[C@H](C)OC(=O)c1cc(Cl)c2c(c1)OCCO2. The molecule has 1 heterocycles. The maximum atomic E-state index is 12.0. The average Bonchev–Trinajstić information content (AvgIpc) is 2.47. The second-order valence-corrected chi connectivity index (χ2v) is 4.83. The summed E-state index contributed by atoms with van der Waals surface area (Å²) >= 11 is 6.05. The Morgan fingerprint density at radius 1 is 1.38 bits per heavy atom. The lowest BCUT2D eigenvalue weighted by molar-refractivity contribution is -0.128. The summed E-state index contributed by atoms with van der Waals surface area (Å²) in [4.78, 5) is 23.6. The van der Waals surface area contributed by atoms with Crippen molar-refractivity contribution in [1.82, 2.24) is 5.32 Å². The minimum Gasteiger partial charge on any atom is -0.486 e. The lowest BCUT2D eigenvalue weighted by Crippen LogP contribution is -2.35. The van der Waals surface area contributed by atoms with E-state index in [1.165, 1.54) is 19.1 Å². The summed E-state index contributed by atoms with van der Waals surface area (Å²) in [5.41, 5.74) is 0.209. The highest BCUT2D eigenvalue weighted by molar-refractivity contribution is 6.32. The van der Waals surface area contributed by atoms with E-state index in [1.807, 2.05) is 0 Å². The standard InChI is InChI=1S/C14H16ClNO5/c1-3-16-13(17)8(2)21-14(18)9-6-10(15)12-11(7-9)19-4-5-20-12/h6-8H,3-5H2,1-2H3,(H,16,17)/t8-/m0/s1. The van der Waals surface area contributed by atoms with E-state index < -0.39 is 12.1 Å². The number of halogens is 1. The second kappa shape index (κ2) is 6.67. The smallest absolute Gasteiger partial charge is 0.339 e. The van der Waals surface area contributed by atoms with Gasteiger partial charge in [0.25, 0.3) is 5.91 Å². The molecule has 0 unspecified atom stereocenters. The predicted molar refractivity (Wildman–Crippen MR) is 76.0 cm³/mol. The lowest BCUT2D eigenvalue weighted by Gasteiger charge is -2.20. The number of fused-ring (bicyclic) bond motifs is 1. The fraction of sp³-hybridized carbons (Fsp3) is 0.429. The van der Waals surface area contributed by atoms with Gasteiger partial charge in [0, 0.05) is 6.54 Å². The van der Waals surface area contributed by atoms with Gasteiger partial charge in [-0.05, 0) is 26.0 Å². The number of hydrogen-bond acceptors (Lipinski definition) is 5. The van der Waals surface area contributed by atoms with Crippen molar-refractivity contribution < 1.29 is 23.8 Å². The van der Waals surface area contributed by atoms with Gasteiger partial charge in [-0.25, -0.2) is 4.79 Å². The minimum atomic E-state index is -0.885. The summed E-state index contributed by atoms with van der Waals surface area (Å²) in [7, 11) is 0. The third-order valence-electron chi connectivity index (χ3n) is 2.84. The van der Waals surface area contributed by atoms with Crippen LogP contribution >= 0.6 is 11.6 Å². The summed E-state index contributed by atoms with van der Waals surface area (Å²) in [6.45, 7) is 4.55. The van der Waals surface area contributed by atoms with Crippen molar-refractivity contribution >= 4 is 23.5 Å². The first kappa shape index (κ1) is 15.4. The Balaban J connectivity index is 2.13. The van der Waals surface area contributed by atoms with Crippen LogP contribution in [0.4, 0.5) is 0 Å². The van der Waals surface area contributed by atoms with Crippen LogP contribution in [0.1, 0.15) is 24.2 Å². The van der Waals surface area contributed by atoms with Gasteiger partial charge in [0.05, 0.1) is 10.6 Å². The van der Waals surface area contributed by atoms with Crippen molar-refractivity contribution in [2.24, 2.45) is 0 Å². The molecule has 0 aliphatic carbocycles. The average molecular weight is 314 g/mol. The predicted octanol–water partition coefficient (Wildman–Crippen LogP) is 1.79. The number of amides is 1. The molecular weight excluding hydrogens is 298 g/mol. The van der Waals surface area contributed by atoms with E-state index in [9.17, 15) is 9.59 Å². The number of carbonyl (C=O) groups excluding carboxylic acids is 2. The van der Waals surface area contributed by atoms with E-state index in [2.05, 4.69) is 5.32 Å². The van der Waals surface area contributed by atoms with Gasteiger partial charge in [-0.1, -0.05) is 11.6 Å². The summed E-state index contributed by atoms with van der Waals surface area (Å²) in [5, 5.41) is 2.84. The number of hydrogen-bond donors (Lipinski definition) is 1. The number of likely N-dealkylation sites (N-methyl/N-ethyl adjacent to an activating group) is 1. The van der Waals surface area contributed by atoms with Gasteiger partial charge in [0.2, 0.25) is 0 Å². The van der Waals surface area contributed by atoms with Crippen molar-refractivity contribution in [3.8, 4) is 11.5 Å². The van der Waals surface area contributed by atoms with E-state index in [4.69, 9.17) is 25.8 Å². The molecule has 1 atom stereocenters. The van der Waals surface area contributed by atoms with Crippen molar-refractivity contribution in [1.29, 1.82) is 0 Å². The number of rotatable bonds is 4. The molecule has 1 aliphatic rings. The Morgan fingerprint density at radius 2 is 2.10 bits per heavy atom. The van der Waals surface area contributed by atoms with Crippen molar-refractivity contribution in [2.45, 2.75) is 20.0 Å². The Hall–Kier alpha value is -1.95. The molecule has 0 saturated carbocycles. The number of benzene rings is 1. The van der Waals surface area contributed by atoms with Crippen LogP contribution in [-0.4, -0.2) is 37.7 Å². The van der Waals surface area contributed by atoms with E-state index in [0.717, 1.165) is 0 Å². The Morgan fingerprint density at radius 3 is 2.81 bits per heavy atom. The Labute approximate surface area is 127 Å². The molecule has 0 radical (unpaired) electrons. The fourth-order valence-corrected chi connectivity index (χ4v) is 2.09. The number of esters is 1. The maximum absolute atomic E-state index is 12.0. The minimum absolute atomic E-state index is 0.209. The monoisotopic (exact) mass is 313 g/mol. The molecule has 0 fully saturated rings. The normalized spacial score (nSPS) is 14.2. The van der Waals surface area contributed by atoms with Crippen LogP contribution in [-0.2, 0) is 9.53 Å². The molecule has 2 rings (SSSR count). The van der Waals surface area contributed by atoms with Gasteiger partial charge >= 0.3 is 5.97 Å². The molecule has 6 nitrogen and oxygen atoms in total. The molecule has 7 heteroatoms. The van der Waals surface area contributed by atoms with Crippen molar-refractivity contribution in [3.05, 3.63) is 22.7 Å². The molecule has 1 aromatic rings. The van der Waals surface area contributed by atoms with Crippen LogP contribution in [0.5, 0.6) is 11.5 Å². The molecule has 114 valence electrons. The molecule has 0 saturated heterocycles. The largest absolute Gasteiger partial charge is 0.486 e. The highest BCUT2D eigenvalue weighted by atomic mass is 35.5. The zero-order valence-electron chi connectivity index (χ0n) is 11.8. The summed E-state index contributed by atoms with van der Waals surface area (Å²) in [6, 6.07) is 2.93. The first-order valence-corrected chi connectivity index (χ1v) is 6.98. The van der Waals surface area contributed by atoms with Crippen LogP contribution in [0.2, 0.25) is 5.02 Å². The fourth-order valence-electron chi connectivity index (χ4n) is 1.83. The summed E-state index contributed by atoms with van der Waals surface area (Å²) < 4.78 is 15.8. The Kier molecular flexibility index (Phi) is 4.90. The topological polar surface area (TPSA) is 73.9 Å². The van der Waals surface area contributed by atoms with Gasteiger partial charge in [-0.3, -0.25) is 4.79 Å². The van der Waals surface area contributed by atoms with Gasteiger partial charge < -0.3 is 19.5 Å². The molecule has 1 aliphatic heterocycles. The van der Waals surface area contributed by atoms with Crippen LogP contribution in [0, 0.1) is 0 Å². The van der Waals surface area contributed by atoms with Crippen LogP contribution in [0.15, 0.2) is 12.1 Å². The molecule has 1 aromatic carbocycles. The van der Waals surface area contributed by atoms with Crippen LogP contribution in [0.3, 0.4) is 0 Å². The first-order valence-electron chi connectivity index (χ1n) is 6.60. The number of ether oxygens (including phenoxy) is 3. The number of nitrogens with one attached hydrogen (secondary N) is 1. The third-order valence-corrected chi connectivity index (χ3v) is 3.12. The molecule has 1 amide bonds. The molecule has 1 N–H and O–H groups in total. The van der Waals surface area contributed by atoms with Crippen LogP contribution in [0.25, 0.3) is 0 Å². The van der Waals surface area contributed by atoms with E-state index in [1.54, 1.807) is 6.92 Å². The molecule has 21 heavy (non-hydrogen) atoms. The van der Waals surface area contributed by atoms with E-state index in [-0.39, 0.29) is 16.5 Å². The lowest BCUT2D eigenvalue weighted by atomic mass is 10.2. The molecule has 0 spiro atoms. The summed E-state index contributed by atoms with van der Waals surface area (Å²) in [5.74, 6) is -0.190. The quantitative estimate of drug-likeness (QED) is 0.858. The van der Waals surface area contributed by atoms with Gasteiger partial charge in [-0.2, -0.15) is 0 Å². The van der Waals surface area contributed by atoms with Gasteiger partial charge in [-0.15, -0.1) is 0 Å². The van der Waals surface area contributed by atoms with Gasteiger partial charge in [0.1, 0.15) is 13.2 Å². The van der Waals surface area contributed by atoms with Gasteiger partial charge in [0.15, 0.2) is 17.6 Å². The maximum Gasteiger partial charge on any atom is 0.339 e. The Bertz CT molecular complexity index is 561. The summed E-state index contributed by atoms with van der Waals surface area (Å²) in [6.07, 6.45) is -0.885. The van der Waals surface area contributed by atoms with E-state index in [0.29, 0.717) is 31.3 Å². The molecule has 0 aromatic heterocycles. The first-order chi connectivity index (χ1) is 10.0.